The predicted octanol–water partition coefficient (Wildman–Crippen LogP) is 1.87. The summed E-state index contributed by atoms with van der Waals surface area (Å²) in [5.74, 6) is 0.0489. The van der Waals surface area contributed by atoms with Crippen LogP contribution < -0.4 is 4.74 Å². The average molecular weight is 308 g/mol. The van der Waals surface area contributed by atoms with Crippen LogP contribution in [0, 0.1) is 0 Å². The number of likely N-dealkylation sites (tertiary alicyclic amines) is 1. The molecule has 1 aliphatic rings. The minimum Gasteiger partial charge on any atom is -0.485 e. The molecule has 7 nitrogen and oxygen atoms in total. The molecule has 7 heteroatoms. The largest absolute Gasteiger partial charge is 0.485 e. The minimum absolute atomic E-state index is 0.0988. The Bertz CT molecular complexity index is 544. The van der Waals surface area contributed by atoms with Crippen LogP contribution in [0.4, 0.5) is 4.79 Å². The molecule has 2 heterocycles. The van der Waals surface area contributed by atoms with Crippen LogP contribution >= 0.6 is 0 Å². The number of methoxy groups -OCH3 is 1. The Morgan fingerprint density at radius 2 is 1.95 bits per heavy atom. The molecule has 0 unspecified atom stereocenters. The molecule has 1 aromatic rings. The summed E-state index contributed by atoms with van der Waals surface area (Å²) in [5.41, 5.74) is -0.282. The van der Waals surface area contributed by atoms with Gasteiger partial charge in [0.1, 0.15) is 23.1 Å². The minimum atomic E-state index is -0.503. The van der Waals surface area contributed by atoms with Gasteiger partial charge in [-0.05, 0) is 32.9 Å². The van der Waals surface area contributed by atoms with E-state index in [9.17, 15) is 9.59 Å². The lowest BCUT2D eigenvalue weighted by atomic mass is 10.1. The molecule has 1 aliphatic heterocycles. The average Bonchev–Trinajstić information content (AvgIpc) is 2.40. The Hall–Kier alpha value is -2.31. The molecule has 0 spiro atoms. The van der Waals surface area contributed by atoms with E-state index in [1.807, 2.05) is 20.8 Å². The number of rotatable bonds is 3. The van der Waals surface area contributed by atoms with Gasteiger partial charge in [0.2, 0.25) is 0 Å². The Kier molecular flexibility index (Phi) is 4.54. The van der Waals surface area contributed by atoms with Crippen LogP contribution in [0.3, 0.4) is 0 Å². The van der Waals surface area contributed by atoms with E-state index in [0.29, 0.717) is 18.8 Å². The first-order valence-electron chi connectivity index (χ1n) is 6.97. The quantitative estimate of drug-likeness (QED) is 0.793. The normalized spacial score (nSPS) is 15.0. The second-order valence-corrected chi connectivity index (χ2v) is 6.00. The molecule has 1 fully saturated rings. The molecule has 1 saturated heterocycles. The fourth-order valence-corrected chi connectivity index (χ4v) is 1.86. The third kappa shape index (κ3) is 4.09. The van der Waals surface area contributed by atoms with Crippen LogP contribution in [-0.4, -0.2) is 53.9 Å². The van der Waals surface area contributed by atoms with Crippen LogP contribution in [0.25, 0.3) is 0 Å². The fraction of sp³-hybridized carbons (Fsp3) is 0.533. The summed E-state index contributed by atoms with van der Waals surface area (Å²) in [6, 6.07) is 3.18. The third-order valence-electron chi connectivity index (χ3n) is 2.93. The maximum Gasteiger partial charge on any atom is 0.410 e. The molecule has 0 aliphatic carbocycles. The molecule has 22 heavy (non-hydrogen) atoms. The molecule has 2 rings (SSSR count). The lowest BCUT2D eigenvalue weighted by Crippen LogP contribution is -2.57. The second-order valence-electron chi connectivity index (χ2n) is 6.00. The predicted molar refractivity (Wildman–Crippen MR) is 77.8 cm³/mol. The molecule has 120 valence electrons. The van der Waals surface area contributed by atoms with Gasteiger partial charge in [-0.1, -0.05) is 0 Å². The summed E-state index contributed by atoms with van der Waals surface area (Å²) < 4.78 is 15.5. The Morgan fingerprint density at radius 3 is 2.45 bits per heavy atom. The van der Waals surface area contributed by atoms with Crippen molar-refractivity contribution in [3.8, 4) is 5.75 Å². The van der Waals surface area contributed by atoms with Crippen molar-refractivity contribution in [1.29, 1.82) is 0 Å². The molecule has 1 aromatic heterocycles. The highest BCUT2D eigenvalue weighted by molar-refractivity contribution is 5.87. The number of pyridine rings is 1. The topological polar surface area (TPSA) is 78.0 Å². The second kappa shape index (κ2) is 6.21. The van der Waals surface area contributed by atoms with Gasteiger partial charge in [-0.2, -0.15) is 0 Å². The summed E-state index contributed by atoms with van der Waals surface area (Å²) in [4.78, 5) is 28.6. The van der Waals surface area contributed by atoms with E-state index in [1.54, 1.807) is 11.0 Å². The molecule has 0 saturated carbocycles. The van der Waals surface area contributed by atoms with E-state index in [4.69, 9.17) is 9.47 Å². The summed E-state index contributed by atoms with van der Waals surface area (Å²) >= 11 is 0. The summed E-state index contributed by atoms with van der Waals surface area (Å²) in [6.45, 7) is 6.41. The van der Waals surface area contributed by atoms with Crippen LogP contribution in [0.2, 0.25) is 0 Å². The van der Waals surface area contributed by atoms with E-state index in [-0.39, 0.29) is 17.9 Å². The Balaban J connectivity index is 1.80. The fourth-order valence-electron chi connectivity index (χ4n) is 1.86. The smallest absolute Gasteiger partial charge is 0.410 e. The van der Waals surface area contributed by atoms with E-state index >= 15 is 0 Å². The van der Waals surface area contributed by atoms with Gasteiger partial charge in [0.25, 0.3) is 0 Å². The highest BCUT2D eigenvalue weighted by atomic mass is 16.6. The molecule has 0 N–H and O–H groups in total. The monoisotopic (exact) mass is 308 g/mol. The van der Waals surface area contributed by atoms with E-state index < -0.39 is 11.6 Å². The number of nitrogens with zero attached hydrogens (tertiary/aromatic N) is 2. The van der Waals surface area contributed by atoms with E-state index in [0.717, 1.165) is 0 Å². The maximum atomic E-state index is 11.8. The van der Waals surface area contributed by atoms with Crippen molar-refractivity contribution in [3.63, 3.8) is 0 Å². The number of ether oxygens (including phenoxy) is 3. The first-order valence-corrected chi connectivity index (χ1v) is 6.97. The van der Waals surface area contributed by atoms with Crippen molar-refractivity contribution in [3.05, 3.63) is 24.0 Å². The molecule has 0 bridgehead atoms. The van der Waals surface area contributed by atoms with Crippen LogP contribution in [0.5, 0.6) is 5.75 Å². The number of esters is 1. The summed E-state index contributed by atoms with van der Waals surface area (Å²) in [6.07, 6.45) is 1.02. The molecule has 0 radical (unpaired) electrons. The standard InChI is InChI=1S/C15H20N2O5/c1-15(2,3)22-14(19)17-8-11(9-17)21-10-5-6-12(16-7-10)13(18)20-4/h5-7,11H,8-9H2,1-4H3. The summed E-state index contributed by atoms with van der Waals surface area (Å²) in [7, 11) is 1.30. The first kappa shape index (κ1) is 16.1. The highest BCUT2D eigenvalue weighted by Crippen LogP contribution is 2.20. The zero-order valence-electron chi connectivity index (χ0n) is 13.2. The first-order chi connectivity index (χ1) is 10.3. The lowest BCUT2D eigenvalue weighted by molar-refractivity contribution is -0.0222. The van der Waals surface area contributed by atoms with Gasteiger partial charge in [0.15, 0.2) is 0 Å². The number of carbonyl (C=O) groups is 2. The molecular weight excluding hydrogens is 288 g/mol. The van der Waals surface area contributed by atoms with E-state index in [2.05, 4.69) is 9.72 Å². The van der Waals surface area contributed by atoms with Crippen molar-refractivity contribution in [2.75, 3.05) is 20.2 Å². The van der Waals surface area contributed by atoms with Crippen molar-refractivity contribution >= 4 is 12.1 Å². The number of hydrogen-bond acceptors (Lipinski definition) is 6. The number of amides is 1. The zero-order valence-corrected chi connectivity index (χ0v) is 13.2. The lowest BCUT2D eigenvalue weighted by Gasteiger charge is -2.39. The Labute approximate surface area is 129 Å². The van der Waals surface area contributed by atoms with Crippen LogP contribution in [0.15, 0.2) is 18.3 Å². The van der Waals surface area contributed by atoms with Gasteiger partial charge in [0.05, 0.1) is 26.4 Å². The third-order valence-corrected chi connectivity index (χ3v) is 2.93. The highest BCUT2D eigenvalue weighted by Gasteiger charge is 2.35. The van der Waals surface area contributed by atoms with E-state index in [1.165, 1.54) is 19.4 Å². The van der Waals surface area contributed by atoms with Crippen molar-refractivity contribution in [2.24, 2.45) is 0 Å². The maximum absolute atomic E-state index is 11.8. The Morgan fingerprint density at radius 1 is 1.27 bits per heavy atom. The number of aromatic nitrogens is 1. The van der Waals surface area contributed by atoms with Gasteiger partial charge in [-0.25, -0.2) is 14.6 Å². The SMILES string of the molecule is COC(=O)c1ccc(OC2CN(C(=O)OC(C)(C)C)C2)cn1. The van der Waals surface area contributed by atoms with Crippen LogP contribution in [0.1, 0.15) is 31.3 Å². The molecule has 0 aromatic carbocycles. The molecular formula is C15H20N2O5. The molecule has 1 amide bonds. The molecule has 0 atom stereocenters. The van der Waals surface area contributed by atoms with Gasteiger partial charge in [-0.15, -0.1) is 0 Å². The van der Waals surface area contributed by atoms with Crippen LogP contribution in [-0.2, 0) is 9.47 Å². The number of carbonyl (C=O) groups excluding carboxylic acids is 2. The number of hydrogen-bond donors (Lipinski definition) is 0. The van der Waals surface area contributed by atoms with Crippen molar-refractivity contribution in [2.45, 2.75) is 32.5 Å². The van der Waals surface area contributed by atoms with Gasteiger partial charge < -0.3 is 19.1 Å². The summed E-state index contributed by atoms with van der Waals surface area (Å²) in [5, 5.41) is 0. The van der Waals surface area contributed by atoms with Gasteiger partial charge in [-0.3, -0.25) is 0 Å². The van der Waals surface area contributed by atoms with Gasteiger partial charge in [0, 0.05) is 0 Å². The van der Waals surface area contributed by atoms with Crippen molar-refractivity contribution < 1.29 is 23.8 Å². The zero-order chi connectivity index (χ0) is 16.3. The van der Waals surface area contributed by atoms with Gasteiger partial charge >= 0.3 is 12.1 Å². The van der Waals surface area contributed by atoms with Crippen molar-refractivity contribution in [1.82, 2.24) is 9.88 Å².